The molecule has 1 aliphatic heterocycles. The van der Waals surface area contributed by atoms with Gasteiger partial charge in [-0.15, -0.1) is 6.58 Å². The van der Waals surface area contributed by atoms with Gasteiger partial charge >= 0.3 is 0 Å². The van der Waals surface area contributed by atoms with Crippen LogP contribution in [0.3, 0.4) is 0 Å². The summed E-state index contributed by atoms with van der Waals surface area (Å²) in [6, 6.07) is 8.47. The van der Waals surface area contributed by atoms with E-state index in [4.69, 9.17) is 16.0 Å². The van der Waals surface area contributed by atoms with E-state index in [0.717, 1.165) is 24.3 Å². The molecule has 0 amide bonds. The first kappa shape index (κ1) is 21.7. The first-order chi connectivity index (χ1) is 11.8. The highest BCUT2D eigenvalue weighted by molar-refractivity contribution is 6.74. The number of halogens is 1. The molecule has 0 saturated carbocycles. The normalized spacial score (nSPS) is 24.7. The molecule has 1 aromatic rings. The Morgan fingerprint density at radius 3 is 2.42 bits per heavy atom. The monoisotopic (exact) mass is 393 g/mol. The lowest BCUT2D eigenvalue weighted by Crippen LogP contribution is -2.56. The zero-order chi connectivity index (χ0) is 19.8. The van der Waals surface area contributed by atoms with Crippen molar-refractivity contribution in [3.05, 3.63) is 47.5 Å². The van der Waals surface area contributed by atoms with Gasteiger partial charge in [-0.1, -0.05) is 56.6 Å². The van der Waals surface area contributed by atoms with Crippen molar-refractivity contribution in [2.75, 3.05) is 0 Å². The summed E-state index contributed by atoms with van der Waals surface area (Å²) in [6.45, 7) is 20.0. The standard InChI is InChI=1S/C22H36ClNOSi/c1-9-15-22(17-12-10-11-13-18(17)23)16-14-19(24-22)21(5,6)25-26(7,8)20(2,3)4/h9-13,19,24H,1,14-16H2,2-8H3/t19-,22+/m1/s1. The summed E-state index contributed by atoms with van der Waals surface area (Å²) in [5.74, 6) is 0. The summed E-state index contributed by atoms with van der Waals surface area (Å²) < 4.78 is 6.83. The molecule has 1 fully saturated rings. The third-order valence-electron chi connectivity index (χ3n) is 6.36. The molecule has 26 heavy (non-hydrogen) atoms. The van der Waals surface area contributed by atoms with E-state index in [1.807, 2.05) is 18.2 Å². The van der Waals surface area contributed by atoms with Crippen LogP contribution in [0.25, 0.3) is 0 Å². The molecule has 0 unspecified atom stereocenters. The average Bonchev–Trinajstić information content (AvgIpc) is 2.92. The van der Waals surface area contributed by atoms with E-state index in [2.05, 4.69) is 71.7 Å². The molecule has 1 N–H and O–H groups in total. The third kappa shape index (κ3) is 4.27. The van der Waals surface area contributed by atoms with Crippen LogP contribution in [0.5, 0.6) is 0 Å². The molecular formula is C22H36ClNOSi. The molecule has 0 aromatic heterocycles. The molecule has 0 radical (unpaired) electrons. The predicted molar refractivity (Wildman–Crippen MR) is 116 cm³/mol. The van der Waals surface area contributed by atoms with Crippen LogP contribution in [0.1, 0.15) is 59.4 Å². The molecule has 0 bridgehead atoms. The van der Waals surface area contributed by atoms with Gasteiger partial charge in [0.15, 0.2) is 8.32 Å². The Balaban J connectivity index is 2.29. The molecule has 2 atom stereocenters. The van der Waals surface area contributed by atoms with Crippen LogP contribution in [-0.4, -0.2) is 20.0 Å². The first-order valence-electron chi connectivity index (χ1n) is 9.68. The second-order valence-corrected chi connectivity index (χ2v) is 14.9. The smallest absolute Gasteiger partial charge is 0.192 e. The zero-order valence-corrected chi connectivity index (χ0v) is 19.3. The first-order valence-corrected chi connectivity index (χ1v) is 13.0. The maximum atomic E-state index is 6.83. The Morgan fingerprint density at radius 2 is 1.88 bits per heavy atom. The molecule has 2 rings (SSSR count). The fourth-order valence-corrected chi connectivity index (χ4v) is 5.93. The average molecular weight is 394 g/mol. The van der Waals surface area contributed by atoms with E-state index in [0.29, 0.717) is 0 Å². The summed E-state index contributed by atoms with van der Waals surface area (Å²) >= 11 is 6.56. The van der Waals surface area contributed by atoms with E-state index in [9.17, 15) is 0 Å². The van der Waals surface area contributed by atoms with Crippen LogP contribution in [-0.2, 0) is 9.96 Å². The van der Waals surface area contributed by atoms with Crippen LogP contribution in [0.2, 0.25) is 23.2 Å². The van der Waals surface area contributed by atoms with Crippen LogP contribution < -0.4 is 5.32 Å². The molecule has 1 aliphatic rings. The van der Waals surface area contributed by atoms with Gasteiger partial charge in [-0.3, -0.25) is 0 Å². The van der Waals surface area contributed by atoms with Gasteiger partial charge in [-0.05, 0) is 62.9 Å². The molecule has 1 saturated heterocycles. The van der Waals surface area contributed by atoms with Gasteiger partial charge in [0.1, 0.15) is 0 Å². The molecule has 146 valence electrons. The maximum absolute atomic E-state index is 6.83. The van der Waals surface area contributed by atoms with Gasteiger partial charge in [-0.2, -0.15) is 0 Å². The highest BCUT2D eigenvalue weighted by Gasteiger charge is 2.49. The Morgan fingerprint density at radius 1 is 1.27 bits per heavy atom. The number of rotatable bonds is 6. The Bertz CT molecular complexity index is 650. The van der Waals surface area contributed by atoms with Crippen molar-refractivity contribution in [3.8, 4) is 0 Å². The van der Waals surface area contributed by atoms with Gasteiger partial charge in [0.05, 0.1) is 5.60 Å². The number of hydrogen-bond acceptors (Lipinski definition) is 2. The Kier molecular flexibility index (Phi) is 6.19. The van der Waals surface area contributed by atoms with Gasteiger partial charge in [0, 0.05) is 16.6 Å². The minimum absolute atomic E-state index is 0.154. The van der Waals surface area contributed by atoms with Crippen molar-refractivity contribution in [2.45, 2.75) is 89.2 Å². The van der Waals surface area contributed by atoms with E-state index < -0.39 is 8.32 Å². The minimum Gasteiger partial charge on any atom is -0.410 e. The van der Waals surface area contributed by atoms with Crippen LogP contribution in [0, 0.1) is 0 Å². The van der Waals surface area contributed by atoms with Crippen molar-refractivity contribution in [2.24, 2.45) is 0 Å². The zero-order valence-electron chi connectivity index (χ0n) is 17.6. The van der Waals surface area contributed by atoms with Crippen LogP contribution in [0.4, 0.5) is 0 Å². The molecular weight excluding hydrogens is 358 g/mol. The second kappa shape index (κ2) is 7.42. The van der Waals surface area contributed by atoms with Crippen molar-refractivity contribution in [1.82, 2.24) is 5.32 Å². The number of hydrogen-bond donors (Lipinski definition) is 1. The topological polar surface area (TPSA) is 21.3 Å². The summed E-state index contributed by atoms with van der Waals surface area (Å²) in [5.41, 5.74) is 0.790. The molecule has 4 heteroatoms. The Hall–Kier alpha value is -0.613. The lowest BCUT2D eigenvalue weighted by Gasteiger charge is -2.46. The van der Waals surface area contributed by atoms with Crippen molar-refractivity contribution in [3.63, 3.8) is 0 Å². The lowest BCUT2D eigenvalue weighted by atomic mass is 9.85. The van der Waals surface area contributed by atoms with Crippen LogP contribution in [0.15, 0.2) is 36.9 Å². The van der Waals surface area contributed by atoms with E-state index in [-0.39, 0.29) is 22.2 Å². The molecule has 0 aliphatic carbocycles. The number of benzene rings is 1. The molecule has 2 nitrogen and oxygen atoms in total. The molecule has 1 aromatic carbocycles. The fraction of sp³-hybridized carbons (Fsp3) is 0.636. The van der Waals surface area contributed by atoms with Gasteiger partial charge in [0.25, 0.3) is 0 Å². The van der Waals surface area contributed by atoms with Gasteiger partial charge < -0.3 is 9.74 Å². The van der Waals surface area contributed by atoms with Crippen molar-refractivity contribution in [1.29, 1.82) is 0 Å². The molecule has 1 heterocycles. The quantitative estimate of drug-likeness (QED) is 0.430. The highest BCUT2D eigenvalue weighted by atomic mass is 35.5. The Labute approximate surface area is 166 Å². The predicted octanol–water partition coefficient (Wildman–Crippen LogP) is 6.66. The van der Waals surface area contributed by atoms with Gasteiger partial charge in [0.2, 0.25) is 0 Å². The minimum atomic E-state index is -1.85. The summed E-state index contributed by atoms with van der Waals surface area (Å²) in [5, 5.41) is 4.94. The third-order valence-corrected chi connectivity index (χ3v) is 11.3. The van der Waals surface area contributed by atoms with E-state index >= 15 is 0 Å². The second-order valence-electron chi connectivity index (χ2n) is 9.76. The SMILES string of the molecule is C=CC[C@@]1(c2ccccc2Cl)CC[C@H](C(C)(C)O[Si](C)(C)C(C)(C)C)N1. The fourth-order valence-electron chi connectivity index (χ4n) is 3.85. The summed E-state index contributed by atoms with van der Waals surface area (Å²) in [4.78, 5) is 0. The largest absolute Gasteiger partial charge is 0.410 e. The number of nitrogens with one attached hydrogen (secondary N) is 1. The van der Waals surface area contributed by atoms with E-state index in [1.165, 1.54) is 5.56 Å². The molecule has 0 spiro atoms. The van der Waals surface area contributed by atoms with Gasteiger partial charge in [-0.25, -0.2) is 0 Å². The van der Waals surface area contributed by atoms with E-state index in [1.54, 1.807) is 0 Å². The lowest BCUT2D eigenvalue weighted by molar-refractivity contribution is 0.0511. The van der Waals surface area contributed by atoms with Crippen molar-refractivity contribution >= 4 is 19.9 Å². The van der Waals surface area contributed by atoms with Crippen LogP contribution >= 0.6 is 11.6 Å². The maximum Gasteiger partial charge on any atom is 0.192 e. The highest BCUT2D eigenvalue weighted by Crippen LogP contribution is 2.45. The van der Waals surface area contributed by atoms with Crippen molar-refractivity contribution < 1.29 is 4.43 Å². The summed E-state index contributed by atoms with van der Waals surface area (Å²) in [6.07, 6.45) is 4.97. The summed E-state index contributed by atoms with van der Waals surface area (Å²) in [7, 11) is -1.85.